The maximum atomic E-state index is 13.4. The molecule has 0 aliphatic heterocycles. The van der Waals surface area contributed by atoms with Crippen molar-refractivity contribution in [3.8, 4) is 0 Å². The second kappa shape index (κ2) is 6.89. The number of fused-ring (bicyclic) bond motifs is 1. The lowest BCUT2D eigenvalue weighted by Crippen LogP contribution is -2.13. The minimum atomic E-state index is -4.16. The molecular formula is C18H13F2N5O2S. The zero-order valence-electron chi connectivity index (χ0n) is 14.1. The number of sulfonamides is 1. The quantitative estimate of drug-likeness (QED) is 0.476. The zero-order valence-corrected chi connectivity index (χ0v) is 15.0. The summed E-state index contributed by atoms with van der Waals surface area (Å²) in [6, 6.07) is 6.87. The second-order valence-electron chi connectivity index (χ2n) is 5.94. The number of halogens is 2. The summed E-state index contributed by atoms with van der Waals surface area (Å²) in [5, 5.41) is 14.3. The first-order chi connectivity index (χ1) is 13.4. The van der Waals surface area contributed by atoms with E-state index in [9.17, 15) is 17.2 Å². The number of hydrogen-bond donors (Lipinski definition) is 3. The molecule has 2 heterocycles. The Balaban J connectivity index is 1.66. The first-order valence-corrected chi connectivity index (χ1v) is 9.53. The average Bonchev–Trinajstić information content (AvgIpc) is 3.28. The summed E-state index contributed by atoms with van der Waals surface area (Å²) in [6.45, 7) is 0. The maximum Gasteiger partial charge on any atom is 0.262 e. The number of hydrogen-bond acceptors (Lipinski definition) is 4. The van der Waals surface area contributed by atoms with Crippen LogP contribution in [0, 0.1) is 11.6 Å². The Morgan fingerprint density at radius 1 is 1.04 bits per heavy atom. The Kier molecular flexibility index (Phi) is 4.40. The number of nitrogens with one attached hydrogen (secondary N) is 3. The number of aromatic amines is 2. The van der Waals surface area contributed by atoms with Crippen LogP contribution in [0.3, 0.4) is 0 Å². The van der Waals surface area contributed by atoms with E-state index in [1.807, 2.05) is 0 Å². The molecule has 0 spiro atoms. The monoisotopic (exact) mass is 401 g/mol. The van der Waals surface area contributed by atoms with E-state index in [1.165, 1.54) is 6.07 Å². The molecule has 0 aliphatic rings. The van der Waals surface area contributed by atoms with Crippen molar-refractivity contribution in [2.75, 3.05) is 4.72 Å². The number of anilines is 1. The Hall–Kier alpha value is -3.53. The van der Waals surface area contributed by atoms with Crippen LogP contribution in [0.5, 0.6) is 0 Å². The van der Waals surface area contributed by atoms with Crippen molar-refractivity contribution in [3.63, 3.8) is 0 Å². The average molecular weight is 401 g/mol. The van der Waals surface area contributed by atoms with E-state index in [0.717, 1.165) is 17.7 Å². The molecule has 0 fully saturated rings. The fraction of sp³-hybridized carbons (Fsp3) is 0. The lowest BCUT2D eigenvalue weighted by Gasteiger charge is -2.08. The molecule has 2 aromatic heterocycles. The molecule has 0 unspecified atom stereocenters. The van der Waals surface area contributed by atoms with Gasteiger partial charge in [0.1, 0.15) is 11.6 Å². The van der Waals surface area contributed by atoms with E-state index in [1.54, 1.807) is 36.7 Å². The van der Waals surface area contributed by atoms with Gasteiger partial charge in [-0.2, -0.15) is 10.2 Å². The summed E-state index contributed by atoms with van der Waals surface area (Å²) >= 11 is 0. The van der Waals surface area contributed by atoms with Crippen LogP contribution in [0.25, 0.3) is 23.1 Å². The molecule has 4 aromatic rings. The Morgan fingerprint density at radius 3 is 2.54 bits per heavy atom. The molecule has 28 heavy (non-hydrogen) atoms. The third kappa shape index (κ3) is 3.62. The first-order valence-electron chi connectivity index (χ1n) is 8.05. The molecule has 0 saturated carbocycles. The zero-order chi connectivity index (χ0) is 19.7. The summed E-state index contributed by atoms with van der Waals surface area (Å²) in [5.41, 5.74) is 2.37. The SMILES string of the molecule is O=S(=O)(Nc1ccc2[nH]nc(C=Cc3cn[nH]c3)c2c1)c1cc(F)cc(F)c1. The minimum Gasteiger partial charge on any atom is -0.285 e. The standard InChI is InChI=1S/C18H13F2N5O2S/c19-12-5-13(20)7-15(6-12)28(26,27)25-14-2-4-18-16(8-14)17(23-24-18)3-1-11-9-21-22-10-11/h1-10,25H,(H,21,22)(H,23,24). The molecule has 2 aromatic carbocycles. The third-order valence-electron chi connectivity index (χ3n) is 3.94. The van der Waals surface area contributed by atoms with E-state index in [4.69, 9.17) is 0 Å². The molecule has 0 saturated heterocycles. The van der Waals surface area contributed by atoms with Crippen LogP contribution in [0.15, 0.2) is 53.7 Å². The third-order valence-corrected chi connectivity index (χ3v) is 5.30. The van der Waals surface area contributed by atoms with Crippen molar-refractivity contribution in [1.82, 2.24) is 20.4 Å². The Bertz CT molecular complexity index is 1260. The van der Waals surface area contributed by atoms with Crippen LogP contribution in [0.2, 0.25) is 0 Å². The fourth-order valence-electron chi connectivity index (χ4n) is 2.65. The molecule has 0 atom stereocenters. The van der Waals surface area contributed by atoms with Gasteiger partial charge in [0.2, 0.25) is 0 Å². The summed E-state index contributed by atoms with van der Waals surface area (Å²) in [5.74, 6) is -1.95. The van der Waals surface area contributed by atoms with Gasteiger partial charge in [-0.05, 0) is 42.5 Å². The van der Waals surface area contributed by atoms with Crippen molar-refractivity contribution >= 4 is 38.8 Å². The molecule has 4 rings (SSSR count). The van der Waals surface area contributed by atoms with E-state index in [-0.39, 0.29) is 5.69 Å². The van der Waals surface area contributed by atoms with Crippen LogP contribution >= 0.6 is 0 Å². The minimum absolute atomic E-state index is 0.233. The molecule has 7 nitrogen and oxygen atoms in total. The number of H-pyrrole nitrogens is 2. The van der Waals surface area contributed by atoms with Crippen LogP contribution in [0.1, 0.15) is 11.3 Å². The number of rotatable bonds is 5. The Morgan fingerprint density at radius 2 is 1.82 bits per heavy atom. The van der Waals surface area contributed by atoms with Gasteiger partial charge >= 0.3 is 0 Å². The second-order valence-corrected chi connectivity index (χ2v) is 7.63. The van der Waals surface area contributed by atoms with Gasteiger partial charge in [0, 0.05) is 28.9 Å². The van der Waals surface area contributed by atoms with Crippen molar-refractivity contribution in [2.24, 2.45) is 0 Å². The lowest BCUT2D eigenvalue weighted by molar-refractivity contribution is 0.568. The van der Waals surface area contributed by atoms with Gasteiger partial charge in [0.25, 0.3) is 10.0 Å². The fourth-order valence-corrected chi connectivity index (χ4v) is 3.74. The normalized spacial score (nSPS) is 12.1. The van der Waals surface area contributed by atoms with Crippen molar-refractivity contribution < 1.29 is 17.2 Å². The van der Waals surface area contributed by atoms with Crippen molar-refractivity contribution in [2.45, 2.75) is 4.90 Å². The van der Waals surface area contributed by atoms with E-state index in [0.29, 0.717) is 22.7 Å². The lowest BCUT2D eigenvalue weighted by atomic mass is 10.1. The van der Waals surface area contributed by atoms with E-state index < -0.39 is 26.6 Å². The Labute approximate surface area is 158 Å². The summed E-state index contributed by atoms with van der Waals surface area (Å²) in [4.78, 5) is -0.502. The predicted molar refractivity (Wildman–Crippen MR) is 101 cm³/mol. The van der Waals surface area contributed by atoms with Crippen LogP contribution in [-0.4, -0.2) is 28.8 Å². The smallest absolute Gasteiger partial charge is 0.262 e. The van der Waals surface area contributed by atoms with Gasteiger partial charge in [-0.3, -0.25) is 14.9 Å². The van der Waals surface area contributed by atoms with E-state index >= 15 is 0 Å². The maximum absolute atomic E-state index is 13.4. The highest BCUT2D eigenvalue weighted by molar-refractivity contribution is 7.92. The molecule has 3 N–H and O–H groups in total. The molecule has 142 valence electrons. The molecule has 0 radical (unpaired) electrons. The molecule has 10 heteroatoms. The van der Waals surface area contributed by atoms with Gasteiger partial charge in [0.05, 0.1) is 22.3 Å². The van der Waals surface area contributed by atoms with Gasteiger partial charge in [0.15, 0.2) is 0 Å². The van der Waals surface area contributed by atoms with E-state index in [2.05, 4.69) is 25.1 Å². The van der Waals surface area contributed by atoms with Crippen LogP contribution < -0.4 is 4.72 Å². The summed E-state index contributed by atoms with van der Waals surface area (Å²) in [7, 11) is -4.16. The van der Waals surface area contributed by atoms with Crippen molar-refractivity contribution in [1.29, 1.82) is 0 Å². The highest BCUT2D eigenvalue weighted by Gasteiger charge is 2.17. The summed E-state index contributed by atoms with van der Waals surface area (Å²) in [6.07, 6.45) is 6.90. The van der Waals surface area contributed by atoms with Gasteiger partial charge < -0.3 is 0 Å². The number of nitrogens with zero attached hydrogens (tertiary/aromatic N) is 2. The molecule has 0 aliphatic carbocycles. The predicted octanol–water partition coefficient (Wildman–Crippen LogP) is 3.54. The van der Waals surface area contributed by atoms with Gasteiger partial charge in [-0.25, -0.2) is 17.2 Å². The number of benzene rings is 2. The van der Waals surface area contributed by atoms with Gasteiger partial charge in [-0.15, -0.1) is 0 Å². The highest BCUT2D eigenvalue weighted by Crippen LogP contribution is 2.24. The number of aromatic nitrogens is 4. The van der Waals surface area contributed by atoms with Crippen LogP contribution in [-0.2, 0) is 10.0 Å². The van der Waals surface area contributed by atoms with Crippen molar-refractivity contribution in [3.05, 3.63) is 71.7 Å². The highest BCUT2D eigenvalue weighted by atomic mass is 32.2. The topological polar surface area (TPSA) is 104 Å². The molecular weight excluding hydrogens is 388 g/mol. The van der Waals surface area contributed by atoms with Gasteiger partial charge in [-0.1, -0.05) is 0 Å². The molecule has 0 amide bonds. The molecule has 0 bridgehead atoms. The summed E-state index contributed by atoms with van der Waals surface area (Å²) < 4.78 is 54.0. The largest absolute Gasteiger partial charge is 0.285 e. The van der Waals surface area contributed by atoms with Crippen LogP contribution in [0.4, 0.5) is 14.5 Å². The first kappa shape index (κ1) is 17.9.